The number of hydrogen-bond acceptors (Lipinski definition) is 3. The van der Waals surface area contributed by atoms with Gasteiger partial charge in [-0.25, -0.2) is 0 Å². The molecule has 1 aromatic heterocycles. The van der Waals surface area contributed by atoms with Crippen LogP contribution in [-0.4, -0.2) is 27.3 Å². The smallest absolute Gasteiger partial charge is 0.303 e. The number of carbonyl (C=O) groups is 1. The van der Waals surface area contributed by atoms with E-state index >= 15 is 0 Å². The molecule has 0 spiro atoms. The Hall–Kier alpha value is -2.14. The number of nitrogens with one attached hydrogen (secondary N) is 2. The van der Waals surface area contributed by atoms with Crippen molar-refractivity contribution in [2.45, 2.75) is 58.0 Å². The molecule has 1 unspecified atom stereocenters. The van der Waals surface area contributed by atoms with Crippen LogP contribution in [0.15, 0.2) is 36.5 Å². The Morgan fingerprint density at radius 3 is 2.62 bits per heavy atom. The molecule has 130 valence electrons. The van der Waals surface area contributed by atoms with Gasteiger partial charge in [0.2, 0.25) is 0 Å². The van der Waals surface area contributed by atoms with E-state index in [1.807, 2.05) is 24.4 Å². The summed E-state index contributed by atoms with van der Waals surface area (Å²) in [7, 11) is 0. The van der Waals surface area contributed by atoms with Crippen molar-refractivity contribution in [3.63, 3.8) is 0 Å². The lowest BCUT2D eigenvalue weighted by Gasteiger charge is -2.21. The monoisotopic (exact) mass is 329 g/mol. The van der Waals surface area contributed by atoms with Gasteiger partial charge in [-0.1, -0.05) is 51.1 Å². The van der Waals surface area contributed by atoms with Gasteiger partial charge < -0.3 is 10.4 Å². The zero-order valence-electron chi connectivity index (χ0n) is 14.7. The van der Waals surface area contributed by atoms with Gasteiger partial charge in [0.25, 0.3) is 0 Å². The Morgan fingerprint density at radius 2 is 2.00 bits per heavy atom. The van der Waals surface area contributed by atoms with Gasteiger partial charge >= 0.3 is 5.97 Å². The molecule has 5 heteroatoms. The highest BCUT2D eigenvalue weighted by Gasteiger charge is 2.20. The molecule has 0 bridgehead atoms. The van der Waals surface area contributed by atoms with E-state index in [2.05, 4.69) is 48.4 Å². The van der Waals surface area contributed by atoms with Crippen molar-refractivity contribution in [1.82, 2.24) is 15.5 Å². The predicted molar refractivity (Wildman–Crippen MR) is 94.9 cm³/mol. The van der Waals surface area contributed by atoms with Crippen LogP contribution < -0.4 is 5.32 Å². The highest BCUT2D eigenvalue weighted by Crippen LogP contribution is 2.23. The molecule has 1 heterocycles. The summed E-state index contributed by atoms with van der Waals surface area (Å²) in [5.41, 5.74) is 3.47. The summed E-state index contributed by atoms with van der Waals surface area (Å²) in [4.78, 5) is 10.9. The first-order valence-corrected chi connectivity index (χ1v) is 8.38. The number of aliphatic carboxylic acids is 1. The standard InChI is InChI=1S/C19H27N3O2/c1-19(2,3)18-15(13-21-22-18)12-20-16(9-10-17(23)24)11-14-7-5-4-6-8-14/h4-8,13,16,20H,9-12H2,1-3H3,(H,21,22)(H,23,24). The number of carboxylic acids is 1. The van der Waals surface area contributed by atoms with Crippen molar-refractivity contribution < 1.29 is 9.90 Å². The number of H-pyrrole nitrogens is 1. The number of benzene rings is 1. The highest BCUT2D eigenvalue weighted by molar-refractivity contribution is 5.66. The Bertz CT molecular complexity index is 644. The van der Waals surface area contributed by atoms with Gasteiger partial charge in [0.15, 0.2) is 0 Å². The molecule has 0 radical (unpaired) electrons. The third-order valence-corrected chi connectivity index (χ3v) is 4.08. The van der Waals surface area contributed by atoms with Gasteiger partial charge in [-0.2, -0.15) is 5.10 Å². The Labute approximate surface area is 143 Å². The molecule has 0 aliphatic rings. The lowest BCUT2D eigenvalue weighted by Crippen LogP contribution is -2.32. The molecule has 3 N–H and O–H groups in total. The van der Waals surface area contributed by atoms with Crippen molar-refractivity contribution in [3.05, 3.63) is 53.3 Å². The van der Waals surface area contributed by atoms with Gasteiger partial charge in [0.05, 0.1) is 6.20 Å². The third-order valence-electron chi connectivity index (χ3n) is 4.08. The molecule has 0 fully saturated rings. The van der Waals surface area contributed by atoms with Crippen LogP contribution in [0.25, 0.3) is 0 Å². The molecule has 0 aliphatic heterocycles. The van der Waals surface area contributed by atoms with E-state index in [1.165, 1.54) is 5.56 Å². The largest absolute Gasteiger partial charge is 0.481 e. The van der Waals surface area contributed by atoms with Crippen LogP contribution in [-0.2, 0) is 23.2 Å². The maximum absolute atomic E-state index is 10.9. The van der Waals surface area contributed by atoms with E-state index in [1.54, 1.807) is 0 Å². The minimum Gasteiger partial charge on any atom is -0.481 e. The minimum absolute atomic E-state index is 0.00348. The molecule has 1 aromatic carbocycles. The Morgan fingerprint density at radius 1 is 1.29 bits per heavy atom. The van der Waals surface area contributed by atoms with Crippen LogP contribution in [0.2, 0.25) is 0 Å². The quantitative estimate of drug-likeness (QED) is 0.694. The Kier molecular flexibility index (Phi) is 6.15. The predicted octanol–water partition coefficient (Wildman–Crippen LogP) is 3.27. The summed E-state index contributed by atoms with van der Waals surface area (Å²) in [5, 5.41) is 19.8. The lowest BCUT2D eigenvalue weighted by molar-refractivity contribution is -0.137. The SMILES string of the molecule is CC(C)(C)c1[nH]ncc1CNC(CCC(=O)O)Cc1ccccc1. The number of carboxylic acid groups (broad SMARTS) is 1. The van der Waals surface area contributed by atoms with Crippen LogP contribution in [0, 0.1) is 0 Å². The van der Waals surface area contributed by atoms with Crippen molar-refractivity contribution in [2.24, 2.45) is 0 Å². The van der Waals surface area contributed by atoms with Crippen LogP contribution in [0.1, 0.15) is 50.4 Å². The zero-order valence-corrected chi connectivity index (χ0v) is 14.7. The van der Waals surface area contributed by atoms with Crippen LogP contribution >= 0.6 is 0 Å². The molecule has 0 saturated heterocycles. The maximum atomic E-state index is 10.9. The van der Waals surface area contributed by atoms with Gasteiger partial charge in [0, 0.05) is 35.7 Å². The fourth-order valence-electron chi connectivity index (χ4n) is 2.82. The van der Waals surface area contributed by atoms with Crippen molar-refractivity contribution in [3.8, 4) is 0 Å². The average molecular weight is 329 g/mol. The first-order chi connectivity index (χ1) is 11.4. The number of aromatic nitrogens is 2. The topological polar surface area (TPSA) is 78.0 Å². The number of aromatic amines is 1. The van der Waals surface area contributed by atoms with E-state index < -0.39 is 5.97 Å². The number of hydrogen-bond donors (Lipinski definition) is 3. The molecular weight excluding hydrogens is 302 g/mol. The summed E-state index contributed by atoms with van der Waals surface area (Å²) in [6.07, 6.45) is 3.44. The molecular formula is C19H27N3O2. The second-order valence-electron chi connectivity index (χ2n) is 7.22. The van der Waals surface area contributed by atoms with Crippen molar-refractivity contribution in [1.29, 1.82) is 0 Å². The van der Waals surface area contributed by atoms with E-state index in [-0.39, 0.29) is 17.9 Å². The normalized spacial score (nSPS) is 13.0. The lowest BCUT2D eigenvalue weighted by atomic mass is 9.89. The summed E-state index contributed by atoms with van der Waals surface area (Å²) < 4.78 is 0. The van der Waals surface area contributed by atoms with Gasteiger partial charge in [-0.15, -0.1) is 0 Å². The third kappa shape index (κ3) is 5.49. The van der Waals surface area contributed by atoms with E-state index in [4.69, 9.17) is 5.11 Å². The molecule has 24 heavy (non-hydrogen) atoms. The summed E-state index contributed by atoms with van der Waals surface area (Å²) in [6, 6.07) is 10.3. The van der Waals surface area contributed by atoms with Crippen molar-refractivity contribution in [2.75, 3.05) is 0 Å². The number of nitrogens with zero attached hydrogens (tertiary/aromatic N) is 1. The zero-order chi connectivity index (χ0) is 17.6. The molecule has 0 amide bonds. The average Bonchev–Trinajstić information content (AvgIpc) is 2.99. The molecule has 2 aromatic rings. The molecule has 1 atom stereocenters. The number of rotatable bonds is 8. The van der Waals surface area contributed by atoms with Gasteiger partial charge in [-0.3, -0.25) is 9.89 Å². The van der Waals surface area contributed by atoms with Gasteiger partial charge in [-0.05, 0) is 18.4 Å². The maximum Gasteiger partial charge on any atom is 0.303 e. The van der Waals surface area contributed by atoms with E-state index in [9.17, 15) is 4.79 Å². The second kappa shape index (κ2) is 8.11. The molecule has 0 aliphatic carbocycles. The molecule has 2 rings (SSSR count). The van der Waals surface area contributed by atoms with Crippen molar-refractivity contribution >= 4 is 5.97 Å². The van der Waals surface area contributed by atoms with Crippen LogP contribution in [0.3, 0.4) is 0 Å². The summed E-state index contributed by atoms with van der Waals surface area (Å²) >= 11 is 0. The Balaban J connectivity index is 2.02. The summed E-state index contributed by atoms with van der Waals surface area (Å²) in [6.45, 7) is 7.13. The fourth-order valence-corrected chi connectivity index (χ4v) is 2.82. The van der Waals surface area contributed by atoms with Crippen LogP contribution in [0.4, 0.5) is 0 Å². The van der Waals surface area contributed by atoms with Crippen LogP contribution in [0.5, 0.6) is 0 Å². The van der Waals surface area contributed by atoms with E-state index in [0.29, 0.717) is 13.0 Å². The van der Waals surface area contributed by atoms with Gasteiger partial charge in [0.1, 0.15) is 0 Å². The first-order valence-electron chi connectivity index (χ1n) is 8.38. The van der Waals surface area contributed by atoms with E-state index in [0.717, 1.165) is 17.7 Å². The minimum atomic E-state index is -0.756. The fraction of sp³-hybridized carbons (Fsp3) is 0.474. The highest BCUT2D eigenvalue weighted by atomic mass is 16.4. The molecule has 5 nitrogen and oxygen atoms in total. The summed E-state index contributed by atoms with van der Waals surface area (Å²) in [5.74, 6) is -0.756. The molecule has 0 saturated carbocycles. The second-order valence-corrected chi connectivity index (χ2v) is 7.22. The first kappa shape index (κ1) is 18.2.